The molecule has 8 heteroatoms. The van der Waals surface area contributed by atoms with Crippen LogP contribution < -0.4 is 15.0 Å². The zero-order chi connectivity index (χ0) is 22.0. The van der Waals surface area contributed by atoms with E-state index < -0.39 is 17.8 Å². The van der Waals surface area contributed by atoms with Crippen molar-refractivity contribution in [1.29, 1.82) is 0 Å². The third-order valence-electron chi connectivity index (χ3n) is 5.47. The second kappa shape index (κ2) is 8.63. The predicted octanol–water partition coefficient (Wildman–Crippen LogP) is 4.47. The minimum absolute atomic E-state index is 0.137. The molecule has 4 rings (SSSR count). The van der Waals surface area contributed by atoms with Crippen molar-refractivity contribution in [3.8, 4) is 5.75 Å². The van der Waals surface area contributed by atoms with Gasteiger partial charge in [-0.15, -0.1) is 0 Å². The summed E-state index contributed by atoms with van der Waals surface area (Å²) in [6.45, 7) is 1.48. The van der Waals surface area contributed by atoms with Gasteiger partial charge in [-0.25, -0.2) is 0 Å². The summed E-state index contributed by atoms with van der Waals surface area (Å²) in [5.41, 5.74) is 1.80. The normalized spacial score (nSPS) is 20.2. The quantitative estimate of drug-likeness (QED) is 0.703. The number of rotatable bonds is 3. The highest BCUT2D eigenvalue weighted by molar-refractivity contribution is 6.06. The van der Waals surface area contributed by atoms with Crippen LogP contribution in [0.1, 0.15) is 30.4 Å². The minimum atomic E-state index is -4.46. The molecule has 1 unspecified atom stereocenters. The van der Waals surface area contributed by atoms with E-state index in [0.29, 0.717) is 49.2 Å². The summed E-state index contributed by atoms with van der Waals surface area (Å²) in [6.07, 6.45) is -1.64. The summed E-state index contributed by atoms with van der Waals surface area (Å²) in [5.74, 6) is -0.229. The molecule has 164 valence electrons. The van der Waals surface area contributed by atoms with Crippen molar-refractivity contribution >= 4 is 22.9 Å². The molecule has 2 aliphatic heterocycles. The average Bonchev–Trinajstić information content (AvgIpc) is 3.05. The number of β-amino-alcohol motifs (C(OH)–C–C–N with tert-alkyl or cyclic N) is 1. The van der Waals surface area contributed by atoms with Gasteiger partial charge in [0.25, 0.3) is 0 Å². The number of amides is 1. The number of nitrogens with one attached hydrogen (secondary N) is 1. The third kappa shape index (κ3) is 4.85. The van der Waals surface area contributed by atoms with Gasteiger partial charge >= 0.3 is 6.18 Å². The van der Waals surface area contributed by atoms with Crippen molar-refractivity contribution in [1.82, 2.24) is 0 Å². The van der Waals surface area contributed by atoms with Crippen LogP contribution in [0.4, 0.5) is 24.5 Å². The summed E-state index contributed by atoms with van der Waals surface area (Å²) in [5, 5.41) is 12.7. The Morgan fingerprint density at radius 3 is 2.77 bits per heavy atom. The van der Waals surface area contributed by atoms with Gasteiger partial charge in [0.15, 0.2) is 0 Å². The topological polar surface area (TPSA) is 61.8 Å². The molecule has 0 bridgehead atoms. The number of alkyl halides is 3. The monoisotopic (exact) mass is 432 g/mol. The zero-order valence-electron chi connectivity index (χ0n) is 16.8. The van der Waals surface area contributed by atoms with E-state index in [1.54, 1.807) is 6.07 Å². The number of ether oxygens (including phenoxy) is 1. The van der Waals surface area contributed by atoms with Crippen LogP contribution in [0.3, 0.4) is 0 Å². The average molecular weight is 432 g/mol. The van der Waals surface area contributed by atoms with Crippen molar-refractivity contribution < 1.29 is 27.8 Å². The molecule has 2 aliphatic rings. The lowest BCUT2D eigenvalue weighted by Gasteiger charge is -2.21. The number of nitrogens with zero attached hydrogens (tertiary/aromatic N) is 1. The first-order valence-corrected chi connectivity index (χ1v) is 10.2. The molecular weight excluding hydrogens is 409 g/mol. The highest BCUT2D eigenvalue weighted by Gasteiger charge is 2.32. The number of aliphatic hydroxyl groups is 1. The Morgan fingerprint density at radius 2 is 2.03 bits per heavy atom. The van der Waals surface area contributed by atoms with Crippen LogP contribution in [-0.2, 0) is 11.0 Å². The number of benzene rings is 2. The fourth-order valence-electron chi connectivity index (χ4n) is 3.96. The molecular formula is C23H23F3N2O3. The van der Waals surface area contributed by atoms with E-state index in [4.69, 9.17) is 4.74 Å². The smallest absolute Gasteiger partial charge is 0.416 e. The zero-order valence-corrected chi connectivity index (χ0v) is 16.8. The van der Waals surface area contributed by atoms with Crippen LogP contribution in [0.25, 0.3) is 5.57 Å². The molecule has 2 N–H and O–H groups in total. The van der Waals surface area contributed by atoms with E-state index in [1.165, 1.54) is 12.1 Å². The number of fused-ring (bicyclic) bond motifs is 1. The number of para-hydroxylation sites is 2. The molecule has 0 aromatic heterocycles. The summed E-state index contributed by atoms with van der Waals surface area (Å²) in [6, 6.07) is 10.7. The second-order valence-electron chi connectivity index (χ2n) is 7.73. The number of halogens is 3. The predicted molar refractivity (Wildman–Crippen MR) is 112 cm³/mol. The SMILES string of the molecule is O=C(/C=C1\CCCOc2cc(C(F)(F)F)ccc21)Nc1ccccc1N1CCC(O)C1. The van der Waals surface area contributed by atoms with Gasteiger partial charge in [-0.2, -0.15) is 13.2 Å². The van der Waals surface area contributed by atoms with Gasteiger partial charge in [0.2, 0.25) is 5.91 Å². The van der Waals surface area contributed by atoms with Gasteiger partial charge < -0.3 is 20.1 Å². The van der Waals surface area contributed by atoms with Gasteiger partial charge in [0, 0.05) is 24.7 Å². The van der Waals surface area contributed by atoms with E-state index >= 15 is 0 Å². The lowest BCUT2D eigenvalue weighted by Crippen LogP contribution is -2.23. The number of carbonyl (C=O) groups excluding carboxylic acids is 1. The first-order chi connectivity index (χ1) is 14.8. The van der Waals surface area contributed by atoms with E-state index in [1.807, 2.05) is 23.1 Å². The number of aliphatic hydroxyl groups excluding tert-OH is 1. The molecule has 5 nitrogen and oxygen atoms in total. The molecule has 31 heavy (non-hydrogen) atoms. The van der Waals surface area contributed by atoms with E-state index in [9.17, 15) is 23.1 Å². The van der Waals surface area contributed by atoms with Crippen LogP contribution in [-0.4, -0.2) is 36.8 Å². The Kier molecular flexibility index (Phi) is 5.91. The number of allylic oxidation sites excluding steroid dienone is 1. The lowest BCUT2D eigenvalue weighted by molar-refractivity contribution is -0.137. The van der Waals surface area contributed by atoms with Crippen molar-refractivity contribution in [3.63, 3.8) is 0 Å². The van der Waals surface area contributed by atoms with Crippen molar-refractivity contribution in [2.24, 2.45) is 0 Å². The Labute approximate surface area is 178 Å². The van der Waals surface area contributed by atoms with Crippen LogP contribution in [0.2, 0.25) is 0 Å². The number of carbonyl (C=O) groups is 1. The molecule has 1 fully saturated rings. The molecule has 0 aliphatic carbocycles. The van der Waals surface area contributed by atoms with Crippen LogP contribution in [0.15, 0.2) is 48.5 Å². The fraction of sp³-hybridized carbons (Fsp3) is 0.348. The van der Waals surface area contributed by atoms with Crippen molar-refractivity contribution in [3.05, 3.63) is 59.7 Å². The Bertz CT molecular complexity index is 1000. The highest BCUT2D eigenvalue weighted by atomic mass is 19.4. The molecule has 2 aromatic rings. The van der Waals surface area contributed by atoms with Crippen molar-refractivity contribution in [2.45, 2.75) is 31.5 Å². The first kappa shape index (κ1) is 21.2. The van der Waals surface area contributed by atoms with E-state index in [-0.39, 0.29) is 18.3 Å². The van der Waals surface area contributed by atoms with Crippen LogP contribution in [0.5, 0.6) is 5.75 Å². The molecule has 0 spiro atoms. The molecule has 0 radical (unpaired) electrons. The Hall–Kier alpha value is -3.00. The first-order valence-electron chi connectivity index (χ1n) is 10.2. The van der Waals surface area contributed by atoms with Gasteiger partial charge in [-0.1, -0.05) is 18.2 Å². The molecule has 2 heterocycles. The Balaban J connectivity index is 1.58. The summed E-state index contributed by atoms with van der Waals surface area (Å²) < 4.78 is 44.6. The maximum atomic E-state index is 13.0. The highest BCUT2D eigenvalue weighted by Crippen LogP contribution is 2.38. The largest absolute Gasteiger partial charge is 0.493 e. The standard InChI is InChI=1S/C23H23F3N2O3/c24-23(25,26)16-7-8-18-15(4-3-11-31-21(18)13-16)12-22(30)27-19-5-1-2-6-20(19)28-10-9-17(29)14-28/h1-2,5-8,12-13,17,29H,3-4,9-11,14H2,(H,27,30)/b15-12+. The minimum Gasteiger partial charge on any atom is -0.493 e. The van der Waals surface area contributed by atoms with Gasteiger partial charge in [-0.3, -0.25) is 4.79 Å². The maximum absolute atomic E-state index is 13.0. The molecule has 1 saturated heterocycles. The van der Waals surface area contributed by atoms with E-state index in [0.717, 1.165) is 17.8 Å². The van der Waals surface area contributed by atoms with Gasteiger partial charge in [0.1, 0.15) is 5.75 Å². The number of hydrogen-bond acceptors (Lipinski definition) is 4. The second-order valence-corrected chi connectivity index (χ2v) is 7.73. The molecule has 1 amide bonds. The van der Waals surface area contributed by atoms with Gasteiger partial charge in [-0.05, 0) is 49.1 Å². The fourth-order valence-corrected chi connectivity index (χ4v) is 3.96. The lowest BCUT2D eigenvalue weighted by atomic mass is 9.99. The Morgan fingerprint density at radius 1 is 1.23 bits per heavy atom. The molecule has 1 atom stereocenters. The van der Waals surface area contributed by atoms with Crippen LogP contribution in [0, 0.1) is 0 Å². The number of anilines is 2. The summed E-state index contributed by atoms with van der Waals surface area (Å²) >= 11 is 0. The van der Waals surface area contributed by atoms with Crippen molar-refractivity contribution in [2.75, 3.05) is 29.9 Å². The third-order valence-corrected chi connectivity index (χ3v) is 5.47. The van der Waals surface area contributed by atoms with Gasteiger partial charge in [0.05, 0.1) is 29.6 Å². The van der Waals surface area contributed by atoms with E-state index in [2.05, 4.69) is 5.32 Å². The number of hydrogen-bond donors (Lipinski definition) is 2. The maximum Gasteiger partial charge on any atom is 0.416 e. The molecule has 2 aromatic carbocycles. The summed E-state index contributed by atoms with van der Waals surface area (Å²) in [7, 11) is 0. The van der Waals surface area contributed by atoms with Crippen LogP contribution >= 0.6 is 0 Å². The molecule has 0 saturated carbocycles. The summed E-state index contributed by atoms with van der Waals surface area (Å²) in [4.78, 5) is 14.8.